The van der Waals surface area contributed by atoms with Crippen LogP contribution in [0.25, 0.3) is 11.0 Å². The predicted molar refractivity (Wildman–Crippen MR) is 71.8 cm³/mol. The van der Waals surface area contributed by atoms with Gasteiger partial charge in [-0.05, 0) is 30.2 Å². The number of methoxy groups -OCH3 is 1. The summed E-state index contributed by atoms with van der Waals surface area (Å²) in [5, 5.41) is 11.8. The second-order valence-corrected chi connectivity index (χ2v) is 5.16. The van der Waals surface area contributed by atoms with Gasteiger partial charge >= 0.3 is 0 Å². The molecule has 2 aromatic rings. The molecule has 98 valence electrons. The summed E-state index contributed by atoms with van der Waals surface area (Å²) in [7, 11) is 1.59. The van der Waals surface area contributed by atoms with Gasteiger partial charge in [-0.3, -0.25) is 0 Å². The third-order valence-corrected chi connectivity index (χ3v) is 3.26. The Labute approximate surface area is 111 Å². The molecular weight excluding hydrogens is 252 g/mol. The average Bonchev–Trinajstić information content (AvgIpc) is 2.72. The standard InChI is InChI=1S/C14H17ClO3/c1-8(2)14(17-3)13(16)12-7-9-6-10(15)4-5-11(9)18-12/h4-8,13-14,16H,1-3H3. The first-order chi connectivity index (χ1) is 8.52. The lowest BCUT2D eigenvalue weighted by atomic mass is 10.00. The number of ether oxygens (including phenoxy) is 1. The molecule has 4 heteroatoms. The lowest BCUT2D eigenvalue weighted by molar-refractivity contribution is -0.0473. The lowest BCUT2D eigenvalue weighted by Crippen LogP contribution is -2.26. The molecular formula is C14H17ClO3. The van der Waals surface area contributed by atoms with Gasteiger partial charge in [0.15, 0.2) is 0 Å². The smallest absolute Gasteiger partial charge is 0.138 e. The maximum Gasteiger partial charge on any atom is 0.138 e. The zero-order valence-electron chi connectivity index (χ0n) is 10.7. The molecule has 1 aromatic heterocycles. The molecule has 0 saturated heterocycles. The predicted octanol–water partition coefficient (Wildman–Crippen LogP) is 3.79. The molecule has 0 aliphatic heterocycles. The Kier molecular flexibility index (Phi) is 3.95. The highest BCUT2D eigenvalue weighted by molar-refractivity contribution is 6.31. The van der Waals surface area contributed by atoms with E-state index in [2.05, 4.69) is 0 Å². The number of hydrogen-bond acceptors (Lipinski definition) is 3. The van der Waals surface area contributed by atoms with Crippen molar-refractivity contribution in [3.05, 3.63) is 35.0 Å². The first kappa shape index (κ1) is 13.4. The summed E-state index contributed by atoms with van der Waals surface area (Å²) < 4.78 is 10.9. The molecule has 0 radical (unpaired) electrons. The highest BCUT2D eigenvalue weighted by atomic mass is 35.5. The molecule has 0 aliphatic carbocycles. The average molecular weight is 269 g/mol. The SMILES string of the molecule is COC(C(C)C)C(O)c1cc2cc(Cl)ccc2o1. The van der Waals surface area contributed by atoms with Crippen LogP contribution in [0.2, 0.25) is 5.02 Å². The molecule has 0 saturated carbocycles. The van der Waals surface area contributed by atoms with Crippen molar-refractivity contribution in [3.8, 4) is 0 Å². The maximum atomic E-state index is 10.3. The Hall–Kier alpha value is -1.03. The highest BCUT2D eigenvalue weighted by Crippen LogP contribution is 2.30. The van der Waals surface area contributed by atoms with Crippen LogP contribution < -0.4 is 0 Å². The minimum atomic E-state index is -0.777. The summed E-state index contributed by atoms with van der Waals surface area (Å²) in [4.78, 5) is 0. The van der Waals surface area contributed by atoms with Gasteiger partial charge in [-0.2, -0.15) is 0 Å². The van der Waals surface area contributed by atoms with Crippen LogP contribution in [0, 0.1) is 5.92 Å². The van der Waals surface area contributed by atoms with Crippen LogP contribution in [0.5, 0.6) is 0 Å². The molecule has 2 atom stereocenters. The second kappa shape index (κ2) is 5.31. The Bertz CT molecular complexity index is 533. The van der Waals surface area contributed by atoms with Crippen molar-refractivity contribution >= 4 is 22.6 Å². The quantitative estimate of drug-likeness (QED) is 0.917. The third kappa shape index (κ3) is 2.53. The molecule has 1 heterocycles. The molecule has 2 unspecified atom stereocenters. The fourth-order valence-corrected chi connectivity index (χ4v) is 2.29. The number of hydrogen-bond donors (Lipinski definition) is 1. The molecule has 0 fully saturated rings. The summed E-state index contributed by atoms with van der Waals surface area (Å²) >= 11 is 5.92. The zero-order valence-corrected chi connectivity index (χ0v) is 11.4. The molecule has 3 nitrogen and oxygen atoms in total. The molecule has 2 rings (SSSR count). The molecule has 0 spiro atoms. The van der Waals surface area contributed by atoms with Gasteiger partial charge in [0, 0.05) is 17.5 Å². The summed E-state index contributed by atoms with van der Waals surface area (Å²) in [6.45, 7) is 3.99. The van der Waals surface area contributed by atoms with Gasteiger partial charge < -0.3 is 14.3 Å². The van der Waals surface area contributed by atoms with Crippen molar-refractivity contribution in [2.45, 2.75) is 26.1 Å². The number of fused-ring (bicyclic) bond motifs is 1. The lowest BCUT2D eigenvalue weighted by Gasteiger charge is -2.23. The summed E-state index contributed by atoms with van der Waals surface area (Å²) in [6.07, 6.45) is -1.07. The molecule has 0 bridgehead atoms. The molecule has 0 aliphatic rings. The second-order valence-electron chi connectivity index (χ2n) is 4.72. The van der Waals surface area contributed by atoms with E-state index in [0.717, 1.165) is 5.39 Å². The largest absolute Gasteiger partial charge is 0.458 e. The first-order valence-electron chi connectivity index (χ1n) is 5.92. The van der Waals surface area contributed by atoms with Crippen molar-refractivity contribution in [2.75, 3.05) is 7.11 Å². The fraction of sp³-hybridized carbons (Fsp3) is 0.429. The zero-order chi connectivity index (χ0) is 13.3. The van der Waals surface area contributed by atoms with E-state index in [0.29, 0.717) is 16.4 Å². The van der Waals surface area contributed by atoms with E-state index in [1.165, 1.54) is 0 Å². The fourth-order valence-electron chi connectivity index (χ4n) is 2.11. The van der Waals surface area contributed by atoms with E-state index < -0.39 is 6.10 Å². The summed E-state index contributed by atoms with van der Waals surface area (Å²) in [6, 6.07) is 7.18. The molecule has 18 heavy (non-hydrogen) atoms. The van der Waals surface area contributed by atoms with Crippen molar-refractivity contribution in [3.63, 3.8) is 0 Å². The van der Waals surface area contributed by atoms with E-state index in [1.54, 1.807) is 25.3 Å². The third-order valence-electron chi connectivity index (χ3n) is 3.03. The topological polar surface area (TPSA) is 42.6 Å². The van der Waals surface area contributed by atoms with E-state index in [-0.39, 0.29) is 12.0 Å². The Morgan fingerprint density at radius 1 is 1.28 bits per heavy atom. The van der Waals surface area contributed by atoms with Gasteiger partial charge in [0.1, 0.15) is 17.4 Å². The number of halogens is 1. The van der Waals surface area contributed by atoms with E-state index in [1.807, 2.05) is 19.9 Å². The van der Waals surface area contributed by atoms with Crippen molar-refractivity contribution in [1.29, 1.82) is 0 Å². The van der Waals surface area contributed by atoms with Gasteiger partial charge in [0.05, 0.1) is 6.10 Å². The van der Waals surface area contributed by atoms with Crippen molar-refractivity contribution < 1.29 is 14.3 Å². The number of aliphatic hydroxyl groups excluding tert-OH is 1. The van der Waals surface area contributed by atoms with Gasteiger partial charge in [-0.25, -0.2) is 0 Å². The van der Waals surface area contributed by atoms with Gasteiger partial charge in [-0.15, -0.1) is 0 Å². The Morgan fingerprint density at radius 3 is 2.61 bits per heavy atom. The summed E-state index contributed by atoms with van der Waals surface area (Å²) in [5.41, 5.74) is 0.715. The number of benzene rings is 1. The van der Waals surface area contributed by atoms with Crippen LogP contribution in [0.15, 0.2) is 28.7 Å². The van der Waals surface area contributed by atoms with Crippen molar-refractivity contribution in [1.82, 2.24) is 0 Å². The first-order valence-corrected chi connectivity index (χ1v) is 6.30. The monoisotopic (exact) mass is 268 g/mol. The van der Waals surface area contributed by atoms with Crippen LogP contribution in [-0.4, -0.2) is 18.3 Å². The van der Waals surface area contributed by atoms with E-state index in [9.17, 15) is 5.11 Å². The van der Waals surface area contributed by atoms with E-state index >= 15 is 0 Å². The number of furan rings is 1. The molecule has 0 amide bonds. The van der Waals surface area contributed by atoms with Crippen molar-refractivity contribution in [2.24, 2.45) is 5.92 Å². The Balaban J connectivity index is 2.35. The minimum absolute atomic E-state index is 0.196. The molecule has 1 N–H and O–H groups in total. The summed E-state index contributed by atoms with van der Waals surface area (Å²) in [5.74, 6) is 0.703. The van der Waals surface area contributed by atoms with Crippen LogP contribution in [0.3, 0.4) is 0 Å². The van der Waals surface area contributed by atoms with Crippen LogP contribution in [0.4, 0.5) is 0 Å². The normalized spacial score (nSPS) is 15.2. The van der Waals surface area contributed by atoms with Gasteiger partial charge in [-0.1, -0.05) is 25.4 Å². The Morgan fingerprint density at radius 2 is 2.00 bits per heavy atom. The minimum Gasteiger partial charge on any atom is -0.458 e. The van der Waals surface area contributed by atoms with Crippen LogP contribution in [-0.2, 0) is 4.74 Å². The maximum absolute atomic E-state index is 10.3. The van der Waals surface area contributed by atoms with Gasteiger partial charge in [0.2, 0.25) is 0 Å². The van der Waals surface area contributed by atoms with Crippen LogP contribution in [0.1, 0.15) is 25.7 Å². The van der Waals surface area contributed by atoms with Gasteiger partial charge in [0.25, 0.3) is 0 Å². The van der Waals surface area contributed by atoms with Crippen LogP contribution >= 0.6 is 11.6 Å². The highest BCUT2D eigenvalue weighted by Gasteiger charge is 2.26. The number of aliphatic hydroxyl groups is 1. The molecule has 1 aromatic carbocycles. The van der Waals surface area contributed by atoms with E-state index in [4.69, 9.17) is 20.8 Å². The number of rotatable bonds is 4.